The number of hydrogen-bond donors (Lipinski definition) is 3. The summed E-state index contributed by atoms with van der Waals surface area (Å²) in [7, 11) is 0. The SMILES string of the molecule is N#C/C(=C/Nc1cc(Cl)ccc1O)C(=O)Nc1ccc(Cl)c(C(F)(F)F)c1. The van der Waals surface area contributed by atoms with Gasteiger partial charge in [-0.2, -0.15) is 18.4 Å². The van der Waals surface area contributed by atoms with Gasteiger partial charge in [-0.25, -0.2) is 0 Å². The van der Waals surface area contributed by atoms with Gasteiger partial charge in [0.15, 0.2) is 0 Å². The highest BCUT2D eigenvalue weighted by Gasteiger charge is 2.33. The molecular weight excluding hydrogens is 406 g/mol. The minimum Gasteiger partial charge on any atom is -0.506 e. The van der Waals surface area contributed by atoms with Crippen LogP contribution in [0.1, 0.15) is 5.56 Å². The molecule has 0 bridgehead atoms. The minimum atomic E-state index is -4.70. The highest BCUT2D eigenvalue weighted by Crippen LogP contribution is 2.36. The summed E-state index contributed by atoms with van der Waals surface area (Å²) < 4.78 is 38.6. The summed E-state index contributed by atoms with van der Waals surface area (Å²) in [6, 6.07) is 8.51. The molecular formula is C17H10Cl2F3N3O2. The Bertz CT molecular complexity index is 953. The van der Waals surface area contributed by atoms with Crippen LogP contribution in [0.15, 0.2) is 48.2 Å². The van der Waals surface area contributed by atoms with E-state index < -0.39 is 28.2 Å². The number of carbonyl (C=O) groups excluding carboxylic acids is 1. The fourth-order valence-electron chi connectivity index (χ4n) is 1.94. The van der Waals surface area contributed by atoms with E-state index in [4.69, 9.17) is 28.5 Å². The van der Waals surface area contributed by atoms with Crippen LogP contribution in [-0.2, 0) is 11.0 Å². The van der Waals surface area contributed by atoms with Crippen LogP contribution in [0.3, 0.4) is 0 Å². The maximum atomic E-state index is 12.9. The summed E-state index contributed by atoms with van der Waals surface area (Å²) in [5.74, 6) is -1.14. The van der Waals surface area contributed by atoms with E-state index in [1.165, 1.54) is 24.3 Å². The molecule has 0 heterocycles. The highest BCUT2D eigenvalue weighted by atomic mass is 35.5. The number of rotatable bonds is 4. The Morgan fingerprint density at radius 2 is 1.89 bits per heavy atom. The largest absolute Gasteiger partial charge is 0.506 e. The number of amides is 1. The number of anilines is 2. The van der Waals surface area contributed by atoms with Crippen molar-refractivity contribution >= 4 is 40.5 Å². The van der Waals surface area contributed by atoms with Crippen LogP contribution in [0.5, 0.6) is 5.75 Å². The van der Waals surface area contributed by atoms with Crippen molar-refractivity contribution in [3.8, 4) is 11.8 Å². The number of benzene rings is 2. The maximum absolute atomic E-state index is 12.9. The molecule has 0 radical (unpaired) electrons. The van der Waals surface area contributed by atoms with E-state index in [0.717, 1.165) is 12.3 Å². The highest BCUT2D eigenvalue weighted by molar-refractivity contribution is 6.31. The van der Waals surface area contributed by atoms with Gasteiger partial charge in [0.2, 0.25) is 0 Å². The van der Waals surface area contributed by atoms with E-state index in [0.29, 0.717) is 11.1 Å². The second kappa shape index (κ2) is 8.20. The van der Waals surface area contributed by atoms with Gasteiger partial charge in [-0.1, -0.05) is 23.2 Å². The fraction of sp³-hybridized carbons (Fsp3) is 0.0588. The lowest BCUT2D eigenvalue weighted by atomic mass is 10.2. The Kier molecular flexibility index (Phi) is 6.20. The molecule has 2 rings (SSSR count). The molecule has 0 fully saturated rings. The molecule has 3 N–H and O–H groups in total. The monoisotopic (exact) mass is 415 g/mol. The number of carbonyl (C=O) groups is 1. The lowest BCUT2D eigenvalue weighted by Gasteiger charge is -2.11. The van der Waals surface area contributed by atoms with Crippen LogP contribution in [0, 0.1) is 11.3 Å². The van der Waals surface area contributed by atoms with Crippen molar-refractivity contribution in [1.29, 1.82) is 5.26 Å². The van der Waals surface area contributed by atoms with E-state index in [1.807, 2.05) is 0 Å². The van der Waals surface area contributed by atoms with E-state index in [9.17, 15) is 23.1 Å². The topological polar surface area (TPSA) is 85.2 Å². The first-order chi connectivity index (χ1) is 12.6. The normalized spacial score (nSPS) is 11.6. The smallest absolute Gasteiger partial charge is 0.417 e. The van der Waals surface area contributed by atoms with Gasteiger partial charge in [0.05, 0.1) is 16.3 Å². The number of alkyl halides is 3. The molecule has 0 saturated carbocycles. The minimum absolute atomic E-state index is 0.133. The second-order valence-corrected chi connectivity index (χ2v) is 5.97. The summed E-state index contributed by atoms with van der Waals surface area (Å²) in [5, 5.41) is 23.3. The van der Waals surface area contributed by atoms with Gasteiger partial charge >= 0.3 is 6.18 Å². The summed E-state index contributed by atoms with van der Waals surface area (Å²) in [6.45, 7) is 0. The maximum Gasteiger partial charge on any atom is 0.417 e. The number of phenolic OH excluding ortho intramolecular Hbond substituents is 1. The molecule has 5 nitrogen and oxygen atoms in total. The van der Waals surface area contributed by atoms with Crippen molar-refractivity contribution in [1.82, 2.24) is 0 Å². The van der Waals surface area contributed by atoms with Gasteiger partial charge in [-0.05, 0) is 36.4 Å². The Balaban J connectivity index is 2.20. The van der Waals surface area contributed by atoms with Gasteiger partial charge in [-0.15, -0.1) is 0 Å². The van der Waals surface area contributed by atoms with Crippen molar-refractivity contribution < 1.29 is 23.1 Å². The van der Waals surface area contributed by atoms with Gasteiger partial charge in [0, 0.05) is 16.9 Å². The zero-order chi connectivity index (χ0) is 20.2. The lowest BCUT2D eigenvalue weighted by molar-refractivity contribution is -0.137. The average molecular weight is 416 g/mol. The number of hydrogen-bond acceptors (Lipinski definition) is 4. The van der Waals surface area contributed by atoms with E-state index >= 15 is 0 Å². The predicted octanol–water partition coefficient (Wildman–Crippen LogP) is 5.18. The molecule has 0 atom stereocenters. The standard InChI is InChI=1S/C17H10Cl2F3N3O2/c18-10-1-4-15(26)14(5-10)24-8-9(7-23)16(27)25-11-2-3-13(19)12(6-11)17(20,21)22/h1-6,8,24,26H,(H,25,27)/b9-8-. The number of aromatic hydroxyl groups is 1. The average Bonchev–Trinajstić information content (AvgIpc) is 2.59. The lowest BCUT2D eigenvalue weighted by Crippen LogP contribution is -2.15. The first-order valence-corrected chi connectivity index (χ1v) is 7.91. The summed E-state index contributed by atoms with van der Waals surface area (Å²) >= 11 is 11.3. The first kappa shape index (κ1) is 20.4. The van der Waals surface area contributed by atoms with E-state index in [1.54, 1.807) is 6.07 Å². The quantitative estimate of drug-likeness (QED) is 0.365. The molecule has 1 amide bonds. The molecule has 2 aromatic carbocycles. The Morgan fingerprint density at radius 1 is 1.19 bits per heavy atom. The molecule has 0 aliphatic carbocycles. The number of nitrogens with zero attached hydrogens (tertiary/aromatic N) is 1. The fourth-order valence-corrected chi connectivity index (χ4v) is 2.34. The zero-order valence-corrected chi connectivity index (χ0v) is 14.7. The number of phenols is 1. The third-order valence-electron chi connectivity index (χ3n) is 3.23. The van der Waals surface area contributed by atoms with Gasteiger partial charge < -0.3 is 15.7 Å². The zero-order valence-electron chi connectivity index (χ0n) is 13.2. The van der Waals surface area contributed by atoms with Crippen molar-refractivity contribution in [3.63, 3.8) is 0 Å². The molecule has 27 heavy (non-hydrogen) atoms. The van der Waals surface area contributed by atoms with Crippen molar-refractivity contribution in [2.45, 2.75) is 6.18 Å². The molecule has 0 aromatic heterocycles. The summed E-state index contributed by atoms with van der Waals surface area (Å²) in [5.41, 5.74) is -1.62. The molecule has 0 unspecified atom stereocenters. The van der Waals surface area contributed by atoms with Gasteiger partial charge in [0.1, 0.15) is 17.4 Å². The molecule has 140 valence electrons. The third kappa shape index (κ3) is 5.29. The first-order valence-electron chi connectivity index (χ1n) is 7.15. The molecule has 0 saturated heterocycles. The van der Waals surface area contributed by atoms with Crippen LogP contribution in [-0.4, -0.2) is 11.0 Å². The van der Waals surface area contributed by atoms with Gasteiger partial charge in [0.25, 0.3) is 5.91 Å². The van der Waals surface area contributed by atoms with Crippen LogP contribution in [0.2, 0.25) is 10.0 Å². The van der Waals surface area contributed by atoms with E-state index in [-0.39, 0.29) is 17.1 Å². The molecule has 0 aliphatic rings. The van der Waals surface area contributed by atoms with Crippen molar-refractivity contribution in [2.24, 2.45) is 0 Å². The Hall–Kier alpha value is -2.89. The Labute approximate surface area is 161 Å². The second-order valence-electron chi connectivity index (χ2n) is 5.12. The number of halogens is 5. The van der Waals surface area contributed by atoms with Crippen LogP contribution < -0.4 is 10.6 Å². The molecule has 10 heteroatoms. The van der Waals surface area contributed by atoms with Gasteiger partial charge in [-0.3, -0.25) is 4.79 Å². The van der Waals surface area contributed by atoms with Crippen molar-refractivity contribution in [3.05, 3.63) is 63.8 Å². The van der Waals surface area contributed by atoms with Crippen LogP contribution >= 0.6 is 23.2 Å². The third-order valence-corrected chi connectivity index (χ3v) is 3.79. The number of nitrogens with one attached hydrogen (secondary N) is 2. The van der Waals surface area contributed by atoms with Crippen molar-refractivity contribution in [2.75, 3.05) is 10.6 Å². The molecule has 0 aliphatic heterocycles. The summed E-state index contributed by atoms with van der Waals surface area (Å²) in [4.78, 5) is 12.1. The Morgan fingerprint density at radius 3 is 2.52 bits per heavy atom. The molecule has 0 spiro atoms. The van der Waals surface area contributed by atoms with Crippen LogP contribution in [0.25, 0.3) is 0 Å². The predicted molar refractivity (Wildman–Crippen MR) is 95.5 cm³/mol. The number of nitriles is 1. The summed E-state index contributed by atoms with van der Waals surface area (Å²) in [6.07, 6.45) is -3.71. The van der Waals surface area contributed by atoms with E-state index in [2.05, 4.69) is 10.6 Å². The molecule has 2 aromatic rings. The van der Waals surface area contributed by atoms with Crippen LogP contribution in [0.4, 0.5) is 24.5 Å².